The van der Waals surface area contributed by atoms with Crippen molar-refractivity contribution in [3.05, 3.63) is 28.2 Å². The Morgan fingerprint density at radius 2 is 2.05 bits per heavy atom. The fraction of sp³-hybridized carbons (Fsp3) is 0.500. The van der Waals surface area contributed by atoms with Gasteiger partial charge in [0.15, 0.2) is 0 Å². The maximum Gasteiger partial charge on any atom is 0.123 e. The number of amidine groups is 1. The van der Waals surface area contributed by atoms with Gasteiger partial charge in [-0.05, 0) is 60.1 Å². The molecule has 0 bridgehead atoms. The van der Waals surface area contributed by atoms with E-state index >= 15 is 0 Å². The fourth-order valence-electron chi connectivity index (χ4n) is 2.28. The standard InChI is InChI=1S/C14H20BrN3O/c15-13-10-11(4-5-12(13)14(16)17)19-9-8-18-6-2-1-3-7-18/h4-5,10H,1-3,6-9H2,(H3,16,17). The van der Waals surface area contributed by atoms with Crippen LogP contribution in [0.5, 0.6) is 5.75 Å². The average Bonchev–Trinajstić information content (AvgIpc) is 2.39. The number of nitrogens with two attached hydrogens (primary N) is 1. The Hall–Kier alpha value is -1.07. The van der Waals surface area contributed by atoms with Gasteiger partial charge in [0, 0.05) is 16.6 Å². The quantitative estimate of drug-likeness (QED) is 0.646. The second-order valence-electron chi connectivity index (χ2n) is 4.81. The molecular weight excluding hydrogens is 306 g/mol. The zero-order chi connectivity index (χ0) is 13.7. The molecule has 1 aromatic rings. The van der Waals surface area contributed by atoms with Crippen LogP contribution in [-0.4, -0.2) is 37.0 Å². The van der Waals surface area contributed by atoms with E-state index in [1.54, 1.807) is 0 Å². The van der Waals surface area contributed by atoms with Crippen molar-refractivity contribution in [1.82, 2.24) is 4.90 Å². The van der Waals surface area contributed by atoms with E-state index in [0.717, 1.165) is 16.8 Å². The van der Waals surface area contributed by atoms with Crippen molar-refractivity contribution in [1.29, 1.82) is 5.41 Å². The molecule has 19 heavy (non-hydrogen) atoms. The zero-order valence-electron chi connectivity index (χ0n) is 11.0. The van der Waals surface area contributed by atoms with Crippen LogP contribution in [-0.2, 0) is 0 Å². The Morgan fingerprint density at radius 3 is 2.68 bits per heavy atom. The number of benzene rings is 1. The molecule has 0 amide bonds. The smallest absolute Gasteiger partial charge is 0.123 e. The van der Waals surface area contributed by atoms with Crippen LogP contribution in [0, 0.1) is 5.41 Å². The normalized spacial score (nSPS) is 16.3. The molecule has 104 valence electrons. The van der Waals surface area contributed by atoms with Crippen LogP contribution in [0.15, 0.2) is 22.7 Å². The van der Waals surface area contributed by atoms with Crippen molar-refractivity contribution < 1.29 is 4.74 Å². The van der Waals surface area contributed by atoms with Gasteiger partial charge in [-0.1, -0.05) is 6.42 Å². The van der Waals surface area contributed by atoms with Gasteiger partial charge in [-0.15, -0.1) is 0 Å². The second kappa shape index (κ2) is 6.91. The fourth-order valence-corrected chi connectivity index (χ4v) is 2.85. The summed E-state index contributed by atoms with van der Waals surface area (Å²) in [7, 11) is 0. The number of rotatable bonds is 5. The first kappa shape index (κ1) is 14.3. The maximum absolute atomic E-state index is 7.42. The van der Waals surface area contributed by atoms with Gasteiger partial charge >= 0.3 is 0 Å². The third-order valence-electron chi connectivity index (χ3n) is 3.36. The van der Waals surface area contributed by atoms with Gasteiger partial charge in [-0.2, -0.15) is 0 Å². The lowest BCUT2D eigenvalue weighted by Crippen LogP contribution is -2.33. The molecule has 0 aliphatic carbocycles. The number of hydrogen-bond acceptors (Lipinski definition) is 3. The zero-order valence-corrected chi connectivity index (χ0v) is 12.6. The summed E-state index contributed by atoms with van der Waals surface area (Å²) in [6.45, 7) is 4.06. The molecule has 1 saturated heterocycles. The number of nitrogens with zero attached hydrogens (tertiary/aromatic N) is 1. The van der Waals surface area contributed by atoms with Gasteiger partial charge in [-0.25, -0.2) is 0 Å². The summed E-state index contributed by atoms with van der Waals surface area (Å²) < 4.78 is 6.54. The Kier molecular flexibility index (Phi) is 5.22. The Balaban J connectivity index is 1.82. The molecule has 3 N–H and O–H groups in total. The van der Waals surface area contributed by atoms with Crippen molar-refractivity contribution in [3.8, 4) is 5.75 Å². The minimum Gasteiger partial charge on any atom is -0.492 e. The van der Waals surface area contributed by atoms with Crippen molar-refractivity contribution in [2.45, 2.75) is 19.3 Å². The topological polar surface area (TPSA) is 62.3 Å². The Labute approximate surface area is 122 Å². The van der Waals surface area contributed by atoms with Crippen molar-refractivity contribution in [3.63, 3.8) is 0 Å². The highest BCUT2D eigenvalue weighted by molar-refractivity contribution is 9.10. The summed E-state index contributed by atoms with van der Waals surface area (Å²) >= 11 is 3.40. The molecule has 0 atom stereocenters. The highest BCUT2D eigenvalue weighted by Crippen LogP contribution is 2.22. The first-order valence-corrected chi connectivity index (χ1v) is 7.45. The number of nitrogen functional groups attached to an aromatic ring is 1. The predicted octanol–water partition coefficient (Wildman–Crippen LogP) is 2.60. The van der Waals surface area contributed by atoms with Crippen LogP contribution in [0.3, 0.4) is 0 Å². The molecule has 0 unspecified atom stereocenters. The minimum atomic E-state index is 0.0618. The summed E-state index contributed by atoms with van der Waals surface area (Å²) in [5, 5.41) is 7.42. The monoisotopic (exact) mass is 325 g/mol. The molecule has 4 nitrogen and oxygen atoms in total. The van der Waals surface area contributed by atoms with Crippen LogP contribution in [0.2, 0.25) is 0 Å². The molecule has 0 saturated carbocycles. The van der Waals surface area contributed by atoms with Crippen LogP contribution >= 0.6 is 15.9 Å². The summed E-state index contributed by atoms with van der Waals surface area (Å²) in [6.07, 6.45) is 3.97. The number of piperidine rings is 1. The van der Waals surface area contributed by atoms with Gasteiger partial charge in [0.2, 0.25) is 0 Å². The Bertz CT molecular complexity index is 444. The van der Waals surface area contributed by atoms with E-state index in [4.69, 9.17) is 15.9 Å². The third-order valence-corrected chi connectivity index (χ3v) is 4.01. The molecule has 1 heterocycles. The molecule has 0 spiro atoms. The lowest BCUT2D eigenvalue weighted by Gasteiger charge is -2.26. The molecule has 0 radical (unpaired) electrons. The molecule has 5 heteroatoms. The van der Waals surface area contributed by atoms with E-state index in [0.29, 0.717) is 12.2 Å². The number of hydrogen-bond donors (Lipinski definition) is 2. The molecule has 2 rings (SSSR count). The lowest BCUT2D eigenvalue weighted by atomic mass is 10.1. The molecular formula is C14H20BrN3O. The molecule has 0 aromatic heterocycles. The van der Waals surface area contributed by atoms with E-state index in [9.17, 15) is 0 Å². The molecule has 1 aromatic carbocycles. The third kappa shape index (κ3) is 4.21. The summed E-state index contributed by atoms with van der Waals surface area (Å²) in [5.74, 6) is 0.876. The van der Waals surface area contributed by atoms with E-state index in [1.165, 1.54) is 32.4 Å². The number of likely N-dealkylation sites (tertiary alicyclic amines) is 1. The van der Waals surface area contributed by atoms with Gasteiger partial charge in [0.1, 0.15) is 18.2 Å². The molecule has 1 fully saturated rings. The van der Waals surface area contributed by atoms with Crippen molar-refractivity contribution in [2.24, 2.45) is 5.73 Å². The minimum absolute atomic E-state index is 0.0618. The van der Waals surface area contributed by atoms with Gasteiger partial charge in [0.05, 0.1) is 0 Å². The largest absolute Gasteiger partial charge is 0.492 e. The lowest BCUT2D eigenvalue weighted by molar-refractivity contribution is 0.183. The van der Waals surface area contributed by atoms with E-state index in [-0.39, 0.29) is 5.84 Å². The number of nitrogens with one attached hydrogen (secondary N) is 1. The average molecular weight is 326 g/mol. The summed E-state index contributed by atoms with van der Waals surface area (Å²) in [6, 6.07) is 5.53. The van der Waals surface area contributed by atoms with E-state index in [2.05, 4.69) is 20.8 Å². The number of ether oxygens (including phenoxy) is 1. The second-order valence-corrected chi connectivity index (χ2v) is 5.66. The SMILES string of the molecule is N=C(N)c1ccc(OCCN2CCCCC2)cc1Br. The van der Waals surface area contributed by atoms with Gasteiger partial charge < -0.3 is 10.5 Å². The van der Waals surface area contributed by atoms with Crippen LogP contribution in [0.25, 0.3) is 0 Å². The Morgan fingerprint density at radius 1 is 1.32 bits per heavy atom. The van der Waals surface area contributed by atoms with Crippen LogP contribution in [0.1, 0.15) is 24.8 Å². The first-order chi connectivity index (χ1) is 9.16. The van der Waals surface area contributed by atoms with E-state index in [1.807, 2.05) is 18.2 Å². The predicted molar refractivity (Wildman–Crippen MR) is 80.9 cm³/mol. The first-order valence-electron chi connectivity index (χ1n) is 6.66. The van der Waals surface area contributed by atoms with Crippen molar-refractivity contribution >= 4 is 21.8 Å². The van der Waals surface area contributed by atoms with Crippen molar-refractivity contribution in [2.75, 3.05) is 26.2 Å². The maximum atomic E-state index is 7.42. The van der Waals surface area contributed by atoms with Crippen LogP contribution < -0.4 is 10.5 Å². The highest BCUT2D eigenvalue weighted by atomic mass is 79.9. The van der Waals surface area contributed by atoms with E-state index < -0.39 is 0 Å². The summed E-state index contributed by atoms with van der Waals surface area (Å²) in [4.78, 5) is 2.45. The number of halogens is 1. The molecule has 1 aliphatic heterocycles. The van der Waals surface area contributed by atoms with Gasteiger partial charge in [0.25, 0.3) is 0 Å². The van der Waals surface area contributed by atoms with Crippen LogP contribution in [0.4, 0.5) is 0 Å². The summed E-state index contributed by atoms with van der Waals surface area (Å²) in [5.41, 5.74) is 6.17. The molecule has 1 aliphatic rings. The van der Waals surface area contributed by atoms with Gasteiger partial charge in [-0.3, -0.25) is 10.3 Å². The highest BCUT2D eigenvalue weighted by Gasteiger charge is 2.10.